The van der Waals surface area contributed by atoms with Gasteiger partial charge in [0.05, 0.1) is 19.1 Å². The van der Waals surface area contributed by atoms with Crippen molar-refractivity contribution >= 4 is 124 Å². The highest BCUT2D eigenvalue weighted by Gasteiger charge is 2.42. The fourth-order valence-electron chi connectivity index (χ4n) is 10.5. The molecule has 0 unspecified atom stereocenters. The number of hydrogen-bond donors (Lipinski definition) is 17. The van der Waals surface area contributed by atoms with Crippen molar-refractivity contribution in [2.45, 2.75) is 202 Å². The van der Waals surface area contributed by atoms with Gasteiger partial charge in [-0.3, -0.25) is 81.5 Å². The van der Waals surface area contributed by atoms with Crippen LogP contribution >= 0.6 is 23.5 Å². The summed E-state index contributed by atoms with van der Waals surface area (Å²) in [6, 6.07) is -12.2. The smallest absolute Gasteiger partial charge is 0.305 e. The number of carbonyl (C=O) groups is 17. The molecule has 5 rings (SSSR count). The summed E-state index contributed by atoms with van der Waals surface area (Å²) in [5.74, 6) is -21.7. The van der Waals surface area contributed by atoms with Crippen LogP contribution in [0.2, 0.25) is 0 Å². The van der Waals surface area contributed by atoms with Crippen molar-refractivity contribution < 1.29 is 107 Å². The SMILES string of the molecule is CC(C)C[C@@H]1NC(=O)[C@@H]2CCCN2C(=O)[C@H](CC(C)C)NC(=O)[C@@H]2CSCc3ccc(cc3)CSC[C@H](NC(=O)[C@H](CCC(N)=O)NC1=O)C(=O)N[C@@H](CC(=O)O)C(=O)N[C@@H](CCC(=O)O)C(=O)N[C@@H](CCC(=O)O)C(=O)N[C@@H]([C@@H](C)O)C(=O)NCC(=O)N[C@@H](CCC(=O)O)C(=O)N2. The minimum Gasteiger partial charge on any atom is -0.481 e. The quantitative estimate of drug-likeness (QED) is 0.0586. The van der Waals surface area contributed by atoms with Gasteiger partial charge >= 0.3 is 23.9 Å². The van der Waals surface area contributed by atoms with Gasteiger partial charge in [-0.2, -0.15) is 23.5 Å². The average Bonchev–Trinajstić information content (AvgIpc) is 1.60. The first-order valence-electron chi connectivity index (χ1n) is 31.8. The molecule has 4 aliphatic heterocycles. The summed E-state index contributed by atoms with van der Waals surface area (Å²) in [6.45, 7) is 6.91. The van der Waals surface area contributed by atoms with Crippen molar-refractivity contribution in [3.05, 3.63) is 35.4 Å². The van der Waals surface area contributed by atoms with E-state index in [0.29, 0.717) is 11.1 Å². The Morgan fingerprint density at radius 2 is 0.867 bits per heavy atom. The largest absolute Gasteiger partial charge is 0.481 e. The number of amides is 13. The lowest BCUT2D eigenvalue weighted by atomic mass is 10.0. The maximum Gasteiger partial charge on any atom is 0.305 e. The number of nitrogens with two attached hydrogens (primary N) is 1. The van der Waals surface area contributed by atoms with E-state index in [-0.39, 0.29) is 67.1 Å². The molecule has 13 amide bonds. The van der Waals surface area contributed by atoms with E-state index in [0.717, 1.165) is 30.4 Å². The Morgan fingerprint density at radius 3 is 1.31 bits per heavy atom. The van der Waals surface area contributed by atoms with E-state index >= 15 is 0 Å². The van der Waals surface area contributed by atoms with Gasteiger partial charge in [-0.25, -0.2) is 0 Å². The minimum absolute atomic E-state index is 0.000607. The predicted octanol–water partition coefficient (Wildman–Crippen LogP) is -4.06. The highest BCUT2D eigenvalue weighted by atomic mass is 32.2. The number of thioether (sulfide) groups is 2. The van der Waals surface area contributed by atoms with Crippen LogP contribution in [0, 0.1) is 11.8 Å². The molecule has 1 saturated heterocycles. The highest BCUT2D eigenvalue weighted by Crippen LogP contribution is 2.24. The molecular weight excluding hydrogens is 1330 g/mol. The number of hydrogen-bond acceptors (Lipinski definition) is 20. The Hall–Kier alpha value is -9.13. The lowest BCUT2D eigenvalue weighted by Crippen LogP contribution is -2.62. The number of aliphatic carboxylic acids is 4. The first kappa shape index (κ1) is 81.3. The maximum absolute atomic E-state index is 14.8. The van der Waals surface area contributed by atoms with Crippen molar-refractivity contribution in [3.63, 3.8) is 0 Å². The number of aliphatic hydroxyl groups excluding tert-OH is 1. The first-order valence-corrected chi connectivity index (χ1v) is 34.1. The molecule has 0 spiro atoms. The minimum atomic E-state index is -2.16. The monoisotopic (exact) mass is 1420 g/mol. The number of carboxylic acids is 4. The summed E-state index contributed by atoms with van der Waals surface area (Å²) in [5, 5.41) is 76.0. The van der Waals surface area contributed by atoms with Crippen LogP contribution in [0.5, 0.6) is 0 Å². The zero-order valence-electron chi connectivity index (χ0n) is 54.8. The van der Waals surface area contributed by atoms with Crippen molar-refractivity contribution in [3.8, 4) is 0 Å². The molecule has 98 heavy (non-hydrogen) atoms. The number of benzene rings is 1. The summed E-state index contributed by atoms with van der Waals surface area (Å²) >= 11 is 2.15. The molecule has 37 heteroatoms. The average molecular weight is 1420 g/mol. The van der Waals surface area contributed by atoms with Gasteiger partial charge in [0.1, 0.15) is 66.5 Å². The van der Waals surface area contributed by atoms with Crippen molar-refractivity contribution in [2.75, 3.05) is 24.6 Å². The third-order valence-electron chi connectivity index (χ3n) is 15.6. The summed E-state index contributed by atoms with van der Waals surface area (Å²) in [6.07, 6.45) is -8.54. The molecule has 0 aromatic heterocycles. The first-order chi connectivity index (χ1) is 46.1. The number of nitrogens with one attached hydrogen (secondary N) is 11. The molecule has 1 aromatic carbocycles. The lowest BCUT2D eigenvalue weighted by molar-refractivity contribution is -0.143. The number of rotatable bonds is 19. The molecule has 1 aromatic rings. The Morgan fingerprint density at radius 1 is 0.480 bits per heavy atom. The second-order valence-corrected chi connectivity index (χ2v) is 26.8. The summed E-state index contributed by atoms with van der Waals surface area (Å²) in [7, 11) is 0. The molecule has 0 aliphatic carbocycles. The van der Waals surface area contributed by atoms with Crippen molar-refractivity contribution in [1.29, 1.82) is 0 Å². The van der Waals surface area contributed by atoms with E-state index < -0.39 is 238 Å². The Bertz CT molecular complexity index is 3100. The van der Waals surface area contributed by atoms with E-state index in [2.05, 4.69) is 58.5 Å². The van der Waals surface area contributed by atoms with Crippen LogP contribution in [0.25, 0.3) is 0 Å². The lowest BCUT2D eigenvalue weighted by Gasteiger charge is -2.32. The summed E-state index contributed by atoms with van der Waals surface area (Å²) in [4.78, 5) is 234. The summed E-state index contributed by atoms with van der Waals surface area (Å²) < 4.78 is 0. The van der Waals surface area contributed by atoms with E-state index in [4.69, 9.17) is 5.73 Å². The van der Waals surface area contributed by atoms with Crippen molar-refractivity contribution in [1.82, 2.24) is 63.4 Å². The standard InChI is InChI=1S/C61H89N13O22S2/c1-29(2)21-38-55(90)66-35(12-16-44(62)76)53(88)72-41-27-97-25-32-8-10-33(11-9-32)26-98-28-42(58(93)70-40(22-30(3)4)61(96)74-20-6-7-43(74)59(94)69-38)71-51(86)34(13-17-46(78)79)64-45(77)24-63-60(95)50(31(5)75)73-54(89)37(15-19-48(82)83)65-52(87)36(14-18-47(80)81)67-56(91)39(23-49(84)85)68-57(41)92/h8-11,29-31,34-43,50,75H,6-7,12-28H2,1-5H3,(H2,62,76)(H,63,95)(H,64,77)(H,65,87)(H,66,90)(H,67,91)(H,68,92)(H,69,94)(H,70,93)(H,71,86)(H,72,88)(H,73,89)(H,78,79)(H,80,81)(H,82,83)(H,84,85)/t31-,34+,35+,36+,37+,38+,39+,40+,41+,42+,43+,50+/m1/s1. The Balaban J connectivity index is 1.99. The van der Waals surface area contributed by atoms with E-state index in [1.54, 1.807) is 52.0 Å². The maximum atomic E-state index is 14.8. The predicted molar refractivity (Wildman–Crippen MR) is 348 cm³/mol. The molecule has 0 radical (unpaired) electrons. The third kappa shape index (κ3) is 27.8. The van der Waals surface area contributed by atoms with Crippen LogP contribution in [0.3, 0.4) is 0 Å². The topological polar surface area (TPSA) is 553 Å². The van der Waals surface area contributed by atoms with Gasteiger partial charge in [0, 0.05) is 55.2 Å². The fraction of sp³-hybridized carbons (Fsp3) is 0.623. The molecule has 18 N–H and O–H groups in total. The van der Waals surface area contributed by atoms with Gasteiger partial charge in [0.2, 0.25) is 76.8 Å². The Labute approximate surface area is 572 Å². The van der Waals surface area contributed by atoms with Gasteiger partial charge in [-0.05, 0) is 81.3 Å². The van der Waals surface area contributed by atoms with Crippen LogP contribution in [0.15, 0.2) is 24.3 Å². The second kappa shape index (κ2) is 39.9. The summed E-state index contributed by atoms with van der Waals surface area (Å²) in [5.41, 5.74) is 6.79. The number of nitrogens with zero attached hydrogens (tertiary/aromatic N) is 1. The van der Waals surface area contributed by atoms with E-state index in [1.165, 1.54) is 4.90 Å². The van der Waals surface area contributed by atoms with Gasteiger partial charge in [-0.15, -0.1) is 0 Å². The zero-order chi connectivity index (χ0) is 73.1. The van der Waals surface area contributed by atoms with Gasteiger partial charge in [0.25, 0.3) is 0 Å². The van der Waals surface area contributed by atoms with Gasteiger partial charge in [-0.1, -0.05) is 52.0 Å². The second-order valence-electron chi connectivity index (χ2n) is 24.7. The molecule has 542 valence electrons. The molecule has 4 aliphatic rings. The van der Waals surface area contributed by atoms with Gasteiger partial charge < -0.3 is 94.7 Å². The molecule has 35 nitrogen and oxygen atoms in total. The van der Waals surface area contributed by atoms with Crippen LogP contribution in [0.1, 0.15) is 129 Å². The third-order valence-corrected chi connectivity index (χ3v) is 17.8. The van der Waals surface area contributed by atoms with Gasteiger partial charge in [0.15, 0.2) is 0 Å². The van der Waals surface area contributed by atoms with Crippen LogP contribution in [-0.4, -0.2) is 228 Å². The normalized spacial score (nSPS) is 25.8. The highest BCUT2D eigenvalue weighted by molar-refractivity contribution is 7.98. The fourth-order valence-corrected chi connectivity index (χ4v) is 12.5. The number of fused-ring (bicyclic) bond motifs is 11. The van der Waals surface area contributed by atoms with Crippen LogP contribution < -0.4 is 64.2 Å². The number of carboxylic acid groups (broad SMARTS) is 4. The van der Waals surface area contributed by atoms with Crippen molar-refractivity contribution in [2.24, 2.45) is 17.6 Å². The van der Waals surface area contributed by atoms with Crippen LogP contribution in [0.4, 0.5) is 0 Å². The molecule has 12 atom stereocenters. The Kier molecular flexibility index (Phi) is 33.1. The number of carbonyl (C=O) groups excluding carboxylic acids is 13. The molecular formula is C61H89N13O22S2. The number of primary amides is 1. The van der Waals surface area contributed by atoms with Crippen LogP contribution in [-0.2, 0) is 93.0 Å². The molecule has 4 heterocycles. The zero-order valence-corrected chi connectivity index (χ0v) is 56.5. The molecule has 4 bridgehead atoms. The molecule has 0 saturated carbocycles. The number of aliphatic hydroxyl groups is 1. The van der Waals surface area contributed by atoms with E-state index in [9.17, 15) is 107 Å². The van der Waals surface area contributed by atoms with E-state index in [1.807, 2.05) is 0 Å². The molecule has 1 fully saturated rings.